The molecule has 5 heteroatoms. The van der Waals surface area contributed by atoms with Gasteiger partial charge in [0.1, 0.15) is 0 Å². The van der Waals surface area contributed by atoms with Crippen LogP contribution in [0.5, 0.6) is 0 Å². The molecule has 3 rings (SSSR count). The molecule has 5 nitrogen and oxygen atoms in total. The van der Waals surface area contributed by atoms with Crippen LogP contribution in [0.3, 0.4) is 0 Å². The van der Waals surface area contributed by atoms with Gasteiger partial charge in [0.25, 0.3) is 0 Å². The molecular weight excluding hydrogens is 278 g/mol. The number of rotatable bonds is 3. The molecule has 120 valence electrons. The summed E-state index contributed by atoms with van der Waals surface area (Å²) in [4.78, 5) is 22.9. The third kappa shape index (κ3) is 3.64. The van der Waals surface area contributed by atoms with Crippen LogP contribution in [-0.2, 0) is 11.2 Å². The lowest BCUT2D eigenvalue weighted by Crippen LogP contribution is -2.35. The van der Waals surface area contributed by atoms with E-state index < -0.39 is 6.10 Å². The van der Waals surface area contributed by atoms with Crippen LogP contribution >= 0.6 is 0 Å². The molecule has 0 spiro atoms. The molecule has 2 fully saturated rings. The molecule has 1 aromatic heterocycles. The summed E-state index contributed by atoms with van der Waals surface area (Å²) in [5.41, 5.74) is 0.885. The molecule has 2 atom stereocenters. The van der Waals surface area contributed by atoms with Crippen LogP contribution in [-0.4, -0.2) is 45.1 Å². The molecule has 1 aliphatic heterocycles. The van der Waals surface area contributed by atoms with Crippen LogP contribution < -0.4 is 0 Å². The van der Waals surface area contributed by atoms with Crippen molar-refractivity contribution in [3.63, 3.8) is 0 Å². The lowest BCUT2D eigenvalue weighted by molar-refractivity contribution is -0.135. The van der Waals surface area contributed by atoms with Gasteiger partial charge < -0.3 is 10.0 Å². The van der Waals surface area contributed by atoms with E-state index in [1.807, 2.05) is 4.90 Å². The number of aromatic nitrogens is 2. The van der Waals surface area contributed by atoms with Crippen molar-refractivity contribution >= 4 is 5.91 Å². The smallest absolute Gasteiger partial charge is 0.225 e. The minimum Gasteiger partial charge on any atom is -0.391 e. The third-order valence-electron chi connectivity index (χ3n) is 5.01. The van der Waals surface area contributed by atoms with Crippen LogP contribution in [0, 0.1) is 11.8 Å². The Morgan fingerprint density at radius 1 is 1.18 bits per heavy atom. The Morgan fingerprint density at radius 2 is 1.95 bits per heavy atom. The van der Waals surface area contributed by atoms with Crippen molar-refractivity contribution in [2.75, 3.05) is 13.1 Å². The number of hydrogen-bond donors (Lipinski definition) is 1. The second-order valence-corrected chi connectivity index (χ2v) is 6.66. The fourth-order valence-electron chi connectivity index (χ4n) is 3.72. The van der Waals surface area contributed by atoms with E-state index in [0.717, 1.165) is 31.4 Å². The van der Waals surface area contributed by atoms with E-state index in [9.17, 15) is 9.90 Å². The number of carbonyl (C=O) groups excluding carboxylic acids is 1. The van der Waals surface area contributed by atoms with Crippen molar-refractivity contribution < 1.29 is 9.90 Å². The molecule has 1 aliphatic carbocycles. The molecule has 0 bridgehead atoms. The van der Waals surface area contributed by atoms with E-state index in [0.29, 0.717) is 19.5 Å². The predicted octanol–water partition coefficient (Wildman–Crippen LogP) is 1.81. The molecule has 1 aromatic rings. The minimum absolute atomic E-state index is 0.0754. The molecule has 1 saturated heterocycles. The van der Waals surface area contributed by atoms with Crippen LogP contribution in [0.15, 0.2) is 18.6 Å². The van der Waals surface area contributed by atoms with Crippen molar-refractivity contribution in [1.29, 1.82) is 0 Å². The van der Waals surface area contributed by atoms with E-state index in [2.05, 4.69) is 9.97 Å². The van der Waals surface area contributed by atoms with E-state index in [1.165, 1.54) is 12.8 Å². The van der Waals surface area contributed by atoms with Gasteiger partial charge in [-0.2, -0.15) is 0 Å². The summed E-state index contributed by atoms with van der Waals surface area (Å²) >= 11 is 0. The van der Waals surface area contributed by atoms with Gasteiger partial charge in [0.15, 0.2) is 0 Å². The molecule has 1 amide bonds. The Labute approximate surface area is 131 Å². The Hall–Kier alpha value is -1.49. The Morgan fingerprint density at radius 3 is 2.64 bits per heavy atom. The summed E-state index contributed by atoms with van der Waals surface area (Å²) in [5, 5.41) is 10.3. The van der Waals surface area contributed by atoms with Gasteiger partial charge in [0, 0.05) is 43.5 Å². The second-order valence-electron chi connectivity index (χ2n) is 6.66. The normalized spacial score (nSPS) is 26.9. The maximum atomic E-state index is 12.7. The van der Waals surface area contributed by atoms with E-state index >= 15 is 0 Å². The number of β-amino-alcohol motifs (C(OH)–C–C–N with tert-alkyl or cyclic N) is 1. The molecule has 2 heterocycles. The number of aliphatic hydroxyl groups is 1. The Balaban J connectivity index is 1.58. The van der Waals surface area contributed by atoms with Crippen LogP contribution in [0.25, 0.3) is 0 Å². The molecule has 22 heavy (non-hydrogen) atoms. The van der Waals surface area contributed by atoms with Crippen molar-refractivity contribution in [2.24, 2.45) is 11.8 Å². The number of hydrogen-bond acceptors (Lipinski definition) is 4. The molecule has 1 N–H and O–H groups in total. The number of amides is 1. The van der Waals surface area contributed by atoms with Gasteiger partial charge in [-0.15, -0.1) is 0 Å². The summed E-state index contributed by atoms with van der Waals surface area (Å²) in [5.74, 6) is 0.499. The average Bonchev–Trinajstić information content (AvgIpc) is 2.76. The van der Waals surface area contributed by atoms with Gasteiger partial charge in [-0.1, -0.05) is 25.7 Å². The van der Waals surface area contributed by atoms with E-state index in [-0.39, 0.29) is 17.7 Å². The second kappa shape index (κ2) is 7.18. The highest BCUT2D eigenvalue weighted by Crippen LogP contribution is 2.28. The topological polar surface area (TPSA) is 66.3 Å². The molecule has 0 aromatic carbocycles. The Bertz CT molecular complexity index is 486. The monoisotopic (exact) mass is 303 g/mol. The summed E-state index contributed by atoms with van der Waals surface area (Å²) in [6.45, 7) is 1.12. The summed E-state index contributed by atoms with van der Waals surface area (Å²) in [7, 11) is 0. The average molecular weight is 303 g/mol. The van der Waals surface area contributed by atoms with E-state index in [4.69, 9.17) is 0 Å². The molecular formula is C17H25N3O2. The lowest BCUT2D eigenvalue weighted by atomic mass is 9.98. The molecule has 0 radical (unpaired) electrons. The number of likely N-dealkylation sites (tertiary alicyclic amines) is 1. The van der Waals surface area contributed by atoms with Crippen LogP contribution in [0.4, 0.5) is 0 Å². The SMILES string of the molecule is O=C(C1CCCCCC1)N1C[C@@H](Cc2cnccn2)[C@H](O)C1. The van der Waals surface area contributed by atoms with Crippen molar-refractivity contribution in [3.8, 4) is 0 Å². The first kappa shape index (κ1) is 15.4. The largest absolute Gasteiger partial charge is 0.391 e. The van der Waals surface area contributed by atoms with Gasteiger partial charge >= 0.3 is 0 Å². The molecule has 2 aliphatic rings. The first-order valence-electron chi connectivity index (χ1n) is 8.46. The summed E-state index contributed by atoms with van der Waals surface area (Å²) < 4.78 is 0. The number of carbonyl (C=O) groups is 1. The van der Waals surface area contributed by atoms with E-state index in [1.54, 1.807) is 18.6 Å². The van der Waals surface area contributed by atoms with Gasteiger partial charge in [0.05, 0.1) is 11.8 Å². The highest BCUT2D eigenvalue weighted by Gasteiger charge is 2.36. The highest BCUT2D eigenvalue weighted by molar-refractivity contribution is 5.79. The maximum Gasteiger partial charge on any atom is 0.225 e. The first-order valence-corrected chi connectivity index (χ1v) is 8.46. The zero-order valence-electron chi connectivity index (χ0n) is 13.0. The quantitative estimate of drug-likeness (QED) is 0.865. The Kier molecular flexibility index (Phi) is 5.03. The number of nitrogens with zero attached hydrogens (tertiary/aromatic N) is 3. The summed E-state index contributed by atoms with van der Waals surface area (Å²) in [6.07, 6.45) is 12.2. The van der Waals surface area contributed by atoms with Crippen molar-refractivity contribution in [1.82, 2.24) is 14.9 Å². The van der Waals surface area contributed by atoms with Gasteiger partial charge in [0.2, 0.25) is 5.91 Å². The van der Waals surface area contributed by atoms with Gasteiger partial charge in [-0.05, 0) is 19.3 Å². The lowest BCUT2D eigenvalue weighted by Gasteiger charge is -2.22. The minimum atomic E-state index is -0.447. The van der Waals surface area contributed by atoms with Crippen molar-refractivity contribution in [3.05, 3.63) is 24.3 Å². The third-order valence-corrected chi connectivity index (χ3v) is 5.01. The van der Waals surface area contributed by atoms with Crippen LogP contribution in [0.1, 0.15) is 44.2 Å². The van der Waals surface area contributed by atoms with Crippen LogP contribution in [0.2, 0.25) is 0 Å². The first-order chi connectivity index (χ1) is 10.7. The summed E-state index contributed by atoms with van der Waals surface area (Å²) in [6, 6.07) is 0. The fourth-order valence-corrected chi connectivity index (χ4v) is 3.72. The van der Waals surface area contributed by atoms with Crippen molar-refractivity contribution in [2.45, 2.75) is 51.0 Å². The zero-order chi connectivity index (χ0) is 15.4. The maximum absolute atomic E-state index is 12.7. The zero-order valence-corrected chi connectivity index (χ0v) is 13.0. The number of aliphatic hydroxyl groups excluding tert-OH is 1. The van der Waals surface area contributed by atoms with Gasteiger partial charge in [-0.25, -0.2) is 0 Å². The predicted molar refractivity (Wildman–Crippen MR) is 83.0 cm³/mol. The molecule has 1 saturated carbocycles. The fraction of sp³-hybridized carbons (Fsp3) is 0.706. The standard InChI is InChI=1S/C17H25N3O2/c21-16-12-20(17(22)13-5-3-1-2-4-6-13)11-14(16)9-15-10-18-7-8-19-15/h7-8,10,13-14,16,21H,1-6,9,11-12H2/t14-,16-/m1/s1. The molecule has 0 unspecified atom stereocenters. The van der Waals surface area contributed by atoms with Gasteiger partial charge in [-0.3, -0.25) is 14.8 Å². The highest BCUT2D eigenvalue weighted by atomic mass is 16.3.